The Morgan fingerprint density at radius 3 is 2.58 bits per heavy atom. The van der Waals surface area contributed by atoms with Crippen molar-refractivity contribution < 1.29 is 9.53 Å². The van der Waals surface area contributed by atoms with Gasteiger partial charge in [-0.3, -0.25) is 4.79 Å². The highest BCUT2D eigenvalue weighted by Gasteiger charge is 2.18. The maximum atomic E-state index is 12.3. The van der Waals surface area contributed by atoms with Gasteiger partial charge in [-0.15, -0.1) is 11.8 Å². The Balaban J connectivity index is 1.82. The minimum atomic E-state index is -0.452. The fraction of sp³-hybridized carbons (Fsp3) is 0.350. The predicted octanol–water partition coefficient (Wildman–Crippen LogP) is 4.37. The van der Waals surface area contributed by atoms with Crippen LogP contribution in [-0.4, -0.2) is 24.3 Å². The molecule has 1 amide bonds. The molecule has 128 valence electrons. The van der Waals surface area contributed by atoms with Crippen molar-refractivity contribution in [2.75, 3.05) is 12.3 Å². The van der Waals surface area contributed by atoms with Crippen LogP contribution in [0.5, 0.6) is 5.75 Å². The van der Waals surface area contributed by atoms with Crippen LogP contribution in [-0.2, 0) is 4.79 Å². The topological polar surface area (TPSA) is 38.3 Å². The standard InChI is InChI=1S/C20H25NO2S/c1-4-18(23-19-12-8-9-15(2)16(19)3)20(22)21-13-14-24-17-10-6-5-7-11-17/h5-12,18H,4,13-14H2,1-3H3,(H,21,22)/t18-/m0/s1. The summed E-state index contributed by atoms with van der Waals surface area (Å²) in [4.78, 5) is 13.6. The first-order chi connectivity index (χ1) is 11.6. The maximum Gasteiger partial charge on any atom is 0.261 e. The molecule has 0 radical (unpaired) electrons. The van der Waals surface area contributed by atoms with Gasteiger partial charge in [-0.05, 0) is 49.6 Å². The lowest BCUT2D eigenvalue weighted by atomic mass is 10.1. The molecule has 0 saturated heterocycles. The first kappa shape index (κ1) is 18.4. The molecule has 1 atom stereocenters. The van der Waals surface area contributed by atoms with Gasteiger partial charge in [0.15, 0.2) is 6.10 Å². The van der Waals surface area contributed by atoms with Gasteiger partial charge >= 0.3 is 0 Å². The van der Waals surface area contributed by atoms with E-state index in [4.69, 9.17) is 4.74 Å². The fourth-order valence-electron chi connectivity index (χ4n) is 2.30. The van der Waals surface area contributed by atoms with Crippen molar-refractivity contribution in [3.05, 3.63) is 59.7 Å². The molecule has 1 N–H and O–H groups in total. The number of carbonyl (C=O) groups excluding carboxylic acids is 1. The van der Waals surface area contributed by atoms with E-state index in [-0.39, 0.29) is 5.91 Å². The Bertz CT molecular complexity index is 658. The minimum absolute atomic E-state index is 0.0490. The molecule has 0 unspecified atom stereocenters. The lowest BCUT2D eigenvalue weighted by Gasteiger charge is -2.19. The van der Waals surface area contributed by atoms with Gasteiger partial charge in [0.25, 0.3) is 5.91 Å². The second-order valence-corrected chi connectivity index (χ2v) is 6.83. The summed E-state index contributed by atoms with van der Waals surface area (Å²) >= 11 is 1.73. The Hall–Kier alpha value is -1.94. The summed E-state index contributed by atoms with van der Waals surface area (Å²) in [6, 6.07) is 16.1. The third kappa shape index (κ3) is 5.31. The molecule has 2 aromatic carbocycles. The lowest BCUT2D eigenvalue weighted by Crippen LogP contribution is -2.39. The van der Waals surface area contributed by atoms with E-state index in [9.17, 15) is 4.79 Å². The Labute approximate surface area is 148 Å². The molecule has 0 aliphatic heterocycles. The monoisotopic (exact) mass is 343 g/mol. The van der Waals surface area contributed by atoms with Gasteiger partial charge < -0.3 is 10.1 Å². The first-order valence-corrected chi connectivity index (χ1v) is 9.28. The van der Waals surface area contributed by atoms with Gasteiger partial charge in [-0.25, -0.2) is 0 Å². The smallest absolute Gasteiger partial charge is 0.261 e. The summed E-state index contributed by atoms with van der Waals surface area (Å²) in [5, 5.41) is 2.97. The summed E-state index contributed by atoms with van der Waals surface area (Å²) in [5.41, 5.74) is 2.26. The number of hydrogen-bond donors (Lipinski definition) is 1. The van der Waals surface area contributed by atoms with E-state index < -0.39 is 6.10 Å². The number of thioether (sulfide) groups is 1. The highest BCUT2D eigenvalue weighted by Crippen LogP contribution is 2.22. The third-order valence-electron chi connectivity index (χ3n) is 3.90. The molecule has 0 aliphatic carbocycles. The van der Waals surface area contributed by atoms with Gasteiger partial charge in [0, 0.05) is 17.2 Å². The zero-order valence-electron chi connectivity index (χ0n) is 14.5. The van der Waals surface area contributed by atoms with E-state index in [0.717, 1.165) is 17.1 Å². The van der Waals surface area contributed by atoms with Gasteiger partial charge in [0.1, 0.15) is 5.75 Å². The van der Waals surface area contributed by atoms with Gasteiger partial charge in [0.2, 0.25) is 0 Å². The molecule has 2 aromatic rings. The first-order valence-electron chi connectivity index (χ1n) is 8.30. The van der Waals surface area contributed by atoms with Crippen molar-refractivity contribution in [2.45, 2.75) is 38.2 Å². The van der Waals surface area contributed by atoms with Crippen LogP contribution in [0.3, 0.4) is 0 Å². The Kier molecular flexibility index (Phi) is 7.19. The van der Waals surface area contributed by atoms with Crippen LogP contribution in [0.4, 0.5) is 0 Å². The number of amides is 1. The fourth-order valence-corrected chi connectivity index (χ4v) is 3.09. The number of ether oxygens (including phenoxy) is 1. The summed E-state index contributed by atoms with van der Waals surface area (Å²) in [6.07, 6.45) is 0.192. The van der Waals surface area contributed by atoms with Crippen LogP contribution in [0.15, 0.2) is 53.4 Å². The zero-order valence-corrected chi connectivity index (χ0v) is 15.4. The van der Waals surface area contributed by atoms with Crippen molar-refractivity contribution in [1.29, 1.82) is 0 Å². The molecular formula is C20H25NO2S. The van der Waals surface area contributed by atoms with Crippen LogP contribution >= 0.6 is 11.8 Å². The quantitative estimate of drug-likeness (QED) is 0.571. The van der Waals surface area contributed by atoms with E-state index in [1.165, 1.54) is 10.5 Å². The van der Waals surface area contributed by atoms with Crippen molar-refractivity contribution in [1.82, 2.24) is 5.32 Å². The van der Waals surface area contributed by atoms with E-state index in [1.54, 1.807) is 11.8 Å². The van der Waals surface area contributed by atoms with Crippen molar-refractivity contribution in [3.8, 4) is 5.75 Å². The second kappa shape index (κ2) is 9.38. The molecule has 3 nitrogen and oxygen atoms in total. The van der Waals surface area contributed by atoms with Crippen LogP contribution in [0.2, 0.25) is 0 Å². The van der Waals surface area contributed by atoms with E-state index in [1.807, 2.05) is 57.2 Å². The summed E-state index contributed by atoms with van der Waals surface area (Å²) in [5.74, 6) is 1.58. The van der Waals surface area contributed by atoms with Crippen LogP contribution in [0, 0.1) is 13.8 Å². The molecule has 0 saturated carbocycles. The largest absolute Gasteiger partial charge is 0.480 e. The molecule has 2 rings (SSSR count). The zero-order chi connectivity index (χ0) is 17.4. The van der Waals surface area contributed by atoms with Crippen LogP contribution < -0.4 is 10.1 Å². The predicted molar refractivity (Wildman–Crippen MR) is 101 cm³/mol. The summed E-state index contributed by atoms with van der Waals surface area (Å²) in [6.45, 7) is 6.66. The van der Waals surface area contributed by atoms with Gasteiger partial charge in [-0.2, -0.15) is 0 Å². The maximum absolute atomic E-state index is 12.3. The molecule has 4 heteroatoms. The average molecular weight is 343 g/mol. The van der Waals surface area contributed by atoms with Crippen LogP contribution in [0.1, 0.15) is 24.5 Å². The lowest BCUT2D eigenvalue weighted by molar-refractivity contribution is -0.128. The van der Waals surface area contributed by atoms with Gasteiger partial charge in [-0.1, -0.05) is 37.3 Å². The highest BCUT2D eigenvalue weighted by molar-refractivity contribution is 7.99. The van der Waals surface area contributed by atoms with Crippen LogP contribution in [0.25, 0.3) is 0 Å². The van der Waals surface area contributed by atoms with E-state index in [2.05, 4.69) is 17.4 Å². The molecule has 0 bridgehead atoms. The molecular weight excluding hydrogens is 318 g/mol. The third-order valence-corrected chi connectivity index (χ3v) is 4.91. The Morgan fingerprint density at radius 2 is 1.88 bits per heavy atom. The molecule has 0 aromatic heterocycles. The highest BCUT2D eigenvalue weighted by atomic mass is 32.2. The van der Waals surface area contributed by atoms with E-state index >= 15 is 0 Å². The summed E-state index contributed by atoms with van der Waals surface area (Å²) in [7, 11) is 0. The average Bonchev–Trinajstić information content (AvgIpc) is 2.60. The molecule has 0 fully saturated rings. The molecule has 24 heavy (non-hydrogen) atoms. The number of rotatable bonds is 8. The molecule has 0 spiro atoms. The second-order valence-electron chi connectivity index (χ2n) is 5.67. The normalized spacial score (nSPS) is 11.8. The van der Waals surface area contributed by atoms with E-state index in [0.29, 0.717) is 13.0 Å². The minimum Gasteiger partial charge on any atom is -0.480 e. The van der Waals surface area contributed by atoms with Crippen molar-refractivity contribution >= 4 is 17.7 Å². The van der Waals surface area contributed by atoms with Gasteiger partial charge in [0.05, 0.1) is 0 Å². The van der Waals surface area contributed by atoms with Crippen molar-refractivity contribution in [3.63, 3.8) is 0 Å². The number of benzene rings is 2. The number of carbonyl (C=O) groups is 1. The number of aryl methyl sites for hydroxylation is 1. The summed E-state index contributed by atoms with van der Waals surface area (Å²) < 4.78 is 5.93. The molecule has 0 aliphatic rings. The Morgan fingerprint density at radius 1 is 1.12 bits per heavy atom. The number of hydrogen-bond acceptors (Lipinski definition) is 3. The SMILES string of the molecule is CC[C@H](Oc1cccc(C)c1C)C(=O)NCCSc1ccccc1. The molecule has 0 heterocycles. The number of nitrogens with one attached hydrogen (secondary N) is 1. The van der Waals surface area contributed by atoms with Crippen molar-refractivity contribution in [2.24, 2.45) is 0 Å².